The number of amides is 3. The van der Waals surface area contributed by atoms with Crippen LogP contribution in [0.4, 0.5) is 4.79 Å². The molecule has 3 amide bonds. The van der Waals surface area contributed by atoms with Gasteiger partial charge in [0, 0.05) is 17.6 Å². The monoisotopic (exact) mass is 457 g/mol. The summed E-state index contributed by atoms with van der Waals surface area (Å²) in [6.07, 6.45) is 9.76. The maximum Gasteiger partial charge on any atom is 0.408 e. The van der Waals surface area contributed by atoms with E-state index in [0.29, 0.717) is 5.56 Å². The van der Waals surface area contributed by atoms with E-state index in [1.807, 2.05) is 0 Å². The van der Waals surface area contributed by atoms with Gasteiger partial charge >= 0.3 is 6.09 Å². The molecule has 8 nitrogen and oxygen atoms in total. The lowest BCUT2D eigenvalue weighted by Gasteiger charge is -2.31. The second kappa shape index (κ2) is 11.1. The first kappa shape index (κ1) is 26.0. The Hall–Kier alpha value is -3.21. The number of para-hydroxylation sites is 1. The standard InChI is InChI=1S/C25H35N3O5/c1-7-28(23(31)17(3)26-24(32)33-25(4,5)6)20(19-15-11-12-16(2)21(19)29)22(30)27-18-13-9-8-10-14-18/h1,11-12,15,17-18,20,29H,8-10,13-14H2,2-6H3,(H,26,32)(H,27,30). The fourth-order valence-corrected chi connectivity index (χ4v) is 3.85. The largest absolute Gasteiger partial charge is 0.507 e. The van der Waals surface area contributed by atoms with Crippen molar-refractivity contribution in [2.45, 2.75) is 90.4 Å². The first-order chi connectivity index (χ1) is 15.4. The maximum atomic E-state index is 13.4. The smallest absolute Gasteiger partial charge is 0.408 e. The van der Waals surface area contributed by atoms with Gasteiger partial charge < -0.3 is 20.5 Å². The predicted molar refractivity (Wildman–Crippen MR) is 125 cm³/mol. The molecule has 0 aromatic heterocycles. The van der Waals surface area contributed by atoms with Gasteiger partial charge in [0.25, 0.3) is 5.91 Å². The molecule has 1 fully saturated rings. The third kappa shape index (κ3) is 7.14. The number of terminal acetylenes is 1. The Balaban J connectivity index is 2.33. The van der Waals surface area contributed by atoms with Crippen LogP contribution in [0.25, 0.3) is 0 Å². The van der Waals surface area contributed by atoms with Crippen LogP contribution in [0, 0.1) is 19.4 Å². The number of carbonyl (C=O) groups is 3. The molecule has 2 rings (SSSR count). The molecule has 0 heterocycles. The Kier molecular flexibility index (Phi) is 8.75. The summed E-state index contributed by atoms with van der Waals surface area (Å²) in [5, 5.41) is 16.1. The zero-order chi connectivity index (χ0) is 24.8. The van der Waals surface area contributed by atoms with Crippen LogP contribution in [0.15, 0.2) is 18.2 Å². The van der Waals surface area contributed by atoms with Gasteiger partial charge in [-0.2, -0.15) is 0 Å². The van der Waals surface area contributed by atoms with Crippen LogP contribution in [-0.4, -0.2) is 45.6 Å². The summed E-state index contributed by atoms with van der Waals surface area (Å²) in [6, 6.07) is 4.90. The van der Waals surface area contributed by atoms with Gasteiger partial charge in [0.1, 0.15) is 17.4 Å². The zero-order valence-electron chi connectivity index (χ0n) is 20.1. The summed E-state index contributed by atoms with van der Waals surface area (Å²) in [5.74, 6) is -1.26. The average Bonchev–Trinajstić information content (AvgIpc) is 2.73. The van der Waals surface area contributed by atoms with E-state index in [0.717, 1.165) is 37.0 Å². The van der Waals surface area contributed by atoms with Crippen molar-refractivity contribution in [3.63, 3.8) is 0 Å². The van der Waals surface area contributed by atoms with Gasteiger partial charge in [-0.1, -0.05) is 43.9 Å². The quantitative estimate of drug-likeness (QED) is 0.447. The van der Waals surface area contributed by atoms with E-state index in [2.05, 4.69) is 16.7 Å². The third-order valence-electron chi connectivity index (χ3n) is 5.50. The molecule has 2 atom stereocenters. The van der Waals surface area contributed by atoms with Crippen LogP contribution in [0.5, 0.6) is 5.75 Å². The number of hydrogen-bond acceptors (Lipinski definition) is 5. The molecule has 0 spiro atoms. The van der Waals surface area contributed by atoms with Crippen LogP contribution in [0.1, 0.15) is 77.0 Å². The summed E-state index contributed by atoms with van der Waals surface area (Å²) >= 11 is 0. The van der Waals surface area contributed by atoms with Crippen molar-refractivity contribution < 1.29 is 24.2 Å². The number of aromatic hydroxyl groups is 1. The van der Waals surface area contributed by atoms with E-state index in [4.69, 9.17) is 11.2 Å². The molecular formula is C25H35N3O5. The lowest BCUT2D eigenvalue weighted by atomic mass is 9.94. The molecule has 0 aliphatic heterocycles. The fourth-order valence-electron chi connectivity index (χ4n) is 3.85. The van der Waals surface area contributed by atoms with Gasteiger partial charge in [-0.05, 0) is 53.0 Å². The summed E-state index contributed by atoms with van der Waals surface area (Å²) in [7, 11) is 0. The number of hydrogen-bond donors (Lipinski definition) is 3. The van der Waals surface area contributed by atoms with Gasteiger partial charge in [0.05, 0.1) is 0 Å². The van der Waals surface area contributed by atoms with Gasteiger partial charge in [-0.3, -0.25) is 14.5 Å². The van der Waals surface area contributed by atoms with Crippen molar-refractivity contribution in [2.24, 2.45) is 0 Å². The van der Waals surface area contributed by atoms with Gasteiger partial charge in [-0.15, -0.1) is 0 Å². The third-order valence-corrected chi connectivity index (χ3v) is 5.50. The highest BCUT2D eigenvalue weighted by Crippen LogP contribution is 2.32. The molecule has 180 valence electrons. The number of nitrogens with zero attached hydrogens (tertiary/aromatic N) is 1. The maximum absolute atomic E-state index is 13.4. The predicted octanol–water partition coefficient (Wildman–Crippen LogP) is 3.52. The molecule has 1 aromatic carbocycles. The first-order valence-electron chi connectivity index (χ1n) is 11.3. The normalized spacial score (nSPS) is 16.1. The highest BCUT2D eigenvalue weighted by Gasteiger charge is 2.36. The summed E-state index contributed by atoms with van der Waals surface area (Å²) in [4.78, 5) is 39.7. The minimum atomic E-state index is -1.26. The Morgan fingerprint density at radius 3 is 2.42 bits per heavy atom. The number of benzene rings is 1. The Morgan fingerprint density at radius 1 is 1.21 bits per heavy atom. The van der Waals surface area contributed by atoms with Gasteiger partial charge in [0.15, 0.2) is 6.04 Å². The van der Waals surface area contributed by atoms with Crippen molar-refractivity contribution in [2.75, 3.05) is 0 Å². The van der Waals surface area contributed by atoms with Crippen molar-refractivity contribution in [1.29, 1.82) is 0 Å². The molecular weight excluding hydrogens is 422 g/mol. The zero-order valence-corrected chi connectivity index (χ0v) is 20.1. The molecule has 0 radical (unpaired) electrons. The lowest BCUT2D eigenvalue weighted by molar-refractivity contribution is -0.138. The van der Waals surface area contributed by atoms with E-state index in [9.17, 15) is 19.5 Å². The van der Waals surface area contributed by atoms with Gasteiger partial charge in [0.2, 0.25) is 5.91 Å². The average molecular weight is 458 g/mol. The number of phenols is 1. The number of rotatable bonds is 6. The van der Waals surface area contributed by atoms with Crippen LogP contribution in [0.3, 0.4) is 0 Å². The molecule has 1 aliphatic rings. The number of nitrogens with one attached hydrogen (secondary N) is 2. The summed E-state index contributed by atoms with van der Waals surface area (Å²) in [5.41, 5.74) is 0.0282. The van der Waals surface area contributed by atoms with E-state index in [-0.39, 0.29) is 17.4 Å². The molecule has 33 heavy (non-hydrogen) atoms. The molecule has 0 bridgehead atoms. The minimum absolute atomic E-state index is 0.0206. The molecule has 1 saturated carbocycles. The van der Waals surface area contributed by atoms with Crippen LogP contribution in [0.2, 0.25) is 0 Å². The van der Waals surface area contributed by atoms with Crippen LogP contribution >= 0.6 is 0 Å². The van der Waals surface area contributed by atoms with E-state index in [1.54, 1.807) is 45.9 Å². The highest BCUT2D eigenvalue weighted by molar-refractivity contribution is 5.93. The van der Waals surface area contributed by atoms with E-state index < -0.39 is 35.6 Å². The van der Waals surface area contributed by atoms with E-state index >= 15 is 0 Å². The van der Waals surface area contributed by atoms with Crippen molar-refractivity contribution in [3.05, 3.63) is 29.3 Å². The molecule has 1 aliphatic carbocycles. The van der Waals surface area contributed by atoms with Crippen LogP contribution in [-0.2, 0) is 14.3 Å². The van der Waals surface area contributed by atoms with Crippen molar-refractivity contribution in [1.82, 2.24) is 15.5 Å². The van der Waals surface area contributed by atoms with Crippen LogP contribution < -0.4 is 10.6 Å². The number of aryl methyl sites for hydroxylation is 1. The molecule has 3 N–H and O–H groups in total. The topological polar surface area (TPSA) is 108 Å². The molecule has 0 saturated heterocycles. The first-order valence-corrected chi connectivity index (χ1v) is 11.3. The molecule has 8 heteroatoms. The SMILES string of the molecule is C#CN(C(=O)C(C)NC(=O)OC(C)(C)C)C(C(=O)NC1CCCCC1)c1cccc(C)c1O. The molecule has 1 aromatic rings. The summed E-state index contributed by atoms with van der Waals surface area (Å²) < 4.78 is 5.21. The Morgan fingerprint density at radius 2 is 1.85 bits per heavy atom. The van der Waals surface area contributed by atoms with E-state index in [1.165, 1.54) is 6.92 Å². The summed E-state index contributed by atoms with van der Waals surface area (Å²) in [6.45, 7) is 8.28. The highest BCUT2D eigenvalue weighted by atomic mass is 16.6. The van der Waals surface area contributed by atoms with Crippen molar-refractivity contribution in [3.8, 4) is 18.2 Å². The lowest BCUT2D eigenvalue weighted by Crippen LogP contribution is -2.51. The Bertz CT molecular complexity index is 910. The number of ether oxygens (including phenoxy) is 1. The molecule has 2 unspecified atom stereocenters. The fraction of sp³-hybridized carbons (Fsp3) is 0.560. The second-order valence-electron chi connectivity index (χ2n) is 9.46. The Labute approximate surface area is 196 Å². The minimum Gasteiger partial charge on any atom is -0.507 e. The number of phenolic OH excluding ortho intramolecular Hbond substituents is 1. The van der Waals surface area contributed by atoms with Gasteiger partial charge in [-0.25, -0.2) is 4.79 Å². The number of carbonyl (C=O) groups excluding carboxylic acids is 3. The second-order valence-corrected chi connectivity index (χ2v) is 9.46. The van der Waals surface area contributed by atoms with Crippen molar-refractivity contribution >= 4 is 17.9 Å². The number of alkyl carbamates (subject to hydrolysis) is 1.